The van der Waals surface area contributed by atoms with Gasteiger partial charge in [0.15, 0.2) is 0 Å². The smallest absolute Gasteiger partial charge is 0.114 e. The van der Waals surface area contributed by atoms with Crippen molar-refractivity contribution in [2.45, 2.75) is 24.9 Å². The highest BCUT2D eigenvalue weighted by Gasteiger charge is 2.48. The Balaban J connectivity index is 1.17. The van der Waals surface area contributed by atoms with E-state index in [1.807, 2.05) is 10.9 Å². The molecule has 2 aliphatic heterocycles. The van der Waals surface area contributed by atoms with Crippen LogP contribution in [0.5, 0.6) is 0 Å². The lowest BCUT2D eigenvalue weighted by molar-refractivity contribution is 0.0211. The molecule has 0 bridgehead atoms. The fraction of sp³-hybridized carbons (Fsp3) is 0.214. The van der Waals surface area contributed by atoms with Gasteiger partial charge in [0.2, 0.25) is 0 Å². The molecule has 1 N–H and O–H groups in total. The standard InChI is InChI=1S/C28H24N4O2/c1-3-7-22-19(5-1)13-20-6-2-4-8-23(20)27(22)24-16-32(31-30-24)21-11-9-18(10-12-21)17-33-25-14-29-15-26-28(25)34-26/h1-13,16,25-26,28-29H,14-15,17H2/t25-,26-,28-/m0/s1. The Kier molecular flexibility index (Phi) is 4.68. The van der Waals surface area contributed by atoms with E-state index in [9.17, 15) is 0 Å². The summed E-state index contributed by atoms with van der Waals surface area (Å²) in [4.78, 5) is 0. The molecule has 168 valence electrons. The molecule has 6 heteroatoms. The Labute approximate surface area is 197 Å². The largest absolute Gasteiger partial charge is 0.369 e. The molecule has 1 aromatic heterocycles. The SMILES string of the molecule is c1ccc2c(-c3cn(-c4ccc(CO[C@H]5CNC[C@@H]6O[C@@H]56)cc4)nn3)c3ccccc3cc2c1. The first-order valence-electron chi connectivity index (χ1n) is 11.7. The third kappa shape index (κ3) is 3.47. The molecule has 7 rings (SSSR count). The maximum atomic E-state index is 6.09. The van der Waals surface area contributed by atoms with Gasteiger partial charge in [0.25, 0.3) is 0 Å². The number of piperidine rings is 1. The Morgan fingerprint density at radius 3 is 2.41 bits per heavy atom. The van der Waals surface area contributed by atoms with Gasteiger partial charge in [0.05, 0.1) is 30.7 Å². The number of hydrogen-bond donors (Lipinski definition) is 1. The molecule has 0 unspecified atom stereocenters. The van der Waals surface area contributed by atoms with Crippen LogP contribution in [0.1, 0.15) is 5.56 Å². The summed E-state index contributed by atoms with van der Waals surface area (Å²) in [6.07, 6.45) is 2.74. The molecule has 2 aliphatic rings. The highest BCUT2D eigenvalue weighted by atomic mass is 16.6. The molecule has 5 aromatic rings. The van der Waals surface area contributed by atoms with Crippen molar-refractivity contribution in [3.63, 3.8) is 0 Å². The number of fused-ring (bicyclic) bond motifs is 3. The molecule has 6 nitrogen and oxygen atoms in total. The zero-order valence-corrected chi connectivity index (χ0v) is 18.6. The van der Waals surface area contributed by atoms with Gasteiger partial charge in [0.1, 0.15) is 11.8 Å². The molecule has 0 radical (unpaired) electrons. The molecule has 4 aromatic carbocycles. The van der Waals surface area contributed by atoms with Gasteiger partial charge in [-0.05, 0) is 45.3 Å². The predicted molar refractivity (Wildman–Crippen MR) is 132 cm³/mol. The van der Waals surface area contributed by atoms with Gasteiger partial charge in [0, 0.05) is 18.7 Å². The fourth-order valence-corrected chi connectivity index (χ4v) is 5.03. The topological polar surface area (TPSA) is 64.5 Å². The molecule has 0 saturated carbocycles. The second kappa shape index (κ2) is 8.02. The molecule has 2 saturated heterocycles. The second-order valence-corrected chi connectivity index (χ2v) is 9.06. The number of epoxide rings is 1. The lowest BCUT2D eigenvalue weighted by Gasteiger charge is -2.20. The Hall–Kier alpha value is -3.58. The molecular weight excluding hydrogens is 424 g/mol. The summed E-state index contributed by atoms with van der Waals surface area (Å²) in [6, 6.07) is 27.4. The average molecular weight is 449 g/mol. The number of hydrogen-bond acceptors (Lipinski definition) is 5. The zero-order valence-electron chi connectivity index (χ0n) is 18.6. The van der Waals surface area contributed by atoms with Crippen molar-refractivity contribution in [1.29, 1.82) is 0 Å². The van der Waals surface area contributed by atoms with Crippen molar-refractivity contribution in [3.05, 3.63) is 90.6 Å². The van der Waals surface area contributed by atoms with Crippen LogP contribution in [0, 0.1) is 0 Å². The van der Waals surface area contributed by atoms with Crippen LogP contribution >= 0.6 is 0 Å². The van der Waals surface area contributed by atoms with Gasteiger partial charge in [-0.15, -0.1) is 5.10 Å². The van der Waals surface area contributed by atoms with E-state index in [1.165, 1.54) is 21.5 Å². The molecule has 3 heterocycles. The fourth-order valence-electron chi connectivity index (χ4n) is 5.03. The van der Waals surface area contributed by atoms with Crippen molar-refractivity contribution in [2.24, 2.45) is 0 Å². The number of rotatable bonds is 5. The molecule has 0 aliphatic carbocycles. The lowest BCUT2D eigenvalue weighted by atomic mass is 9.95. The first kappa shape index (κ1) is 19.9. The number of nitrogens with zero attached hydrogens (tertiary/aromatic N) is 3. The average Bonchev–Trinajstić information content (AvgIpc) is 3.54. The monoisotopic (exact) mass is 448 g/mol. The minimum Gasteiger partial charge on any atom is -0.369 e. The Bertz CT molecular complexity index is 1440. The lowest BCUT2D eigenvalue weighted by Crippen LogP contribution is -2.41. The minimum atomic E-state index is 0.131. The molecule has 3 atom stereocenters. The predicted octanol–water partition coefficient (Wildman–Crippen LogP) is 4.50. The van der Waals surface area contributed by atoms with Crippen LogP contribution < -0.4 is 5.32 Å². The normalized spacial score (nSPS) is 21.6. The highest BCUT2D eigenvalue weighted by molar-refractivity contribution is 6.11. The van der Waals surface area contributed by atoms with Crippen LogP contribution in [0.25, 0.3) is 38.5 Å². The number of benzene rings is 4. The van der Waals surface area contributed by atoms with E-state index >= 15 is 0 Å². The van der Waals surface area contributed by atoms with Crippen LogP contribution in [0.2, 0.25) is 0 Å². The van der Waals surface area contributed by atoms with Crippen molar-refractivity contribution >= 4 is 21.5 Å². The van der Waals surface area contributed by atoms with Crippen molar-refractivity contribution in [3.8, 4) is 16.9 Å². The van der Waals surface area contributed by atoms with E-state index in [0.717, 1.165) is 35.6 Å². The summed E-state index contributed by atoms with van der Waals surface area (Å²) in [5, 5.41) is 17.1. The summed E-state index contributed by atoms with van der Waals surface area (Å²) in [5.74, 6) is 0. The van der Waals surface area contributed by atoms with E-state index in [2.05, 4.69) is 94.5 Å². The van der Waals surface area contributed by atoms with Gasteiger partial charge >= 0.3 is 0 Å². The van der Waals surface area contributed by atoms with Gasteiger partial charge in [-0.25, -0.2) is 4.68 Å². The molecule has 0 spiro atoms. The number of ether oxygens (including phenoxy) is 2. The molecular formula is C28H24N4O2. The molecule has 2 fully saturated rings. The number of aromatic nitrogens is 3. The van der Waals surface area contributed by atoms with E-state index in [1.54, 1.807) is 0 Å². The first-order valence-corrected chi connectivity index (χ1v) is 11.7. The van der Waals surface area contributed by atoms with Crippen LogP contribution in [0.3, 0.4) is 0 Å². The summed E-state index contributed by atoms with van der Waals surface area (Å²) < 4.78 is 13.6. The Morgan fingerprint density at radius 1 is 0.912 bits per heavy atom. The minimum absolute atomic E-state index is 0.131. The first-order chi connectivity index (χ1) is 16.8. The van der Waals surface area contributed by atoms with Crippen LogP contribution in [0.15, 0.2) is 85.1 Å². The van der Waals surface area contributed by atoms with Crippen LogP contribution in [0.4, 0.5) is 0 Å². The molecule has 34 heavy (non-hydrogen) atoms. The van der Waals surface area contributed by atoms with E-state index in [-0.39, 0.29) is 12.2 Å². The highest BCUT2D eigenvalue weighted by Crippen LogP contribution is 2.35. The second-order valence-electron chi connectivity index (χ2n) is 9.06. The summed E-state index contributed by atoms with van der Waals surface area (Å²) in [5.41, 5.74) is 4.08. The van der Waals surface area contributed by atoms with Gasteiger partial charge in [-0.2, -0.15) is 0 Å². The summed E-state index contributed by atoms with van der Waals surface area (Å²) >= 11 is 0. The van der Waals surface area contributed by atoms with Crippen molar-refractivity contribution in [2.75, 3.05) is 13.1 Å². The third-order valence-corrected chi connectivity index (χ3v) is 6.86. The van der Waals surface area contributed by atoms with Gasteiger partial charge < -0.3 is 14.8 Å². The zero-order chi connectivity index (χ0) is 22.5. The summed E-state index contributed by atoms with van der Waals surface area (Å²) in [7, 11) is 0. The van der Waals surface area contributed by atoms with Crippen molar-refractivity contribution < 1.29 is 9.47 Å². The van der Waals surface area contributed by atoms with E-state index < -0.39 is 0 Å². The molecule has 0 amide bonds. The van der Waals surface area contributed by atoms with Gasteiger partial charge in [-0.1, -0.05) is 65.9 Å². The maximum Gasteiger partial charge on any atom is 0.114 e. The van der Waals surface area contributed by atoms with Gasteiger partial charge in [-0.3, -0.25) is 0 Å². The Morgan fingerprint density at radius 2 is 1.65 bits per heavy atom. The third-order valence-electron chi connectivity index (χ3n) is 6.86. The van der Waals surface area contributed by atoms with Crippen LogP contribution in [-0.4, -0.2) is 46.4 Å². The van der Waals surface area contributed by atoms with Crippen LogP contribution in [-0.2, 0) is 16.1 Å². The number of nitrogens with one attached hydrogen (secondary N) is 1. The van der Waals surface area contributed by atoms with Crippen molar-refractivity contribution in [1.82, 2.24) is 20.3 Å². The van der Waals surface area contributed by atoms with E-state index in [0.29, 0.717) is 12.7 Å². The quantitative estimate of drug-likeness (QED) is 0.317. The maximum absolute atomic E-state index is 6.09. The van der Waals surface area contributed by atoms with E-state index in [4.69, 9.17) is 9.47 Å². The summed E-state index contributed by atoms with van der Waals surface area (Å²) in [6.45, 7) is 2.36.